The van der Waals surface area contributed by atoms with Crippen LogP contribution in [0.25, 0.3) is 5.69 Å². The van der Waals surface area contributed by atoms with Crippen molar-refractivity contribution in [3.8, 4) is 5.69 Å². The first-order valence-corrected chi connectivity index (χ1v) is 8.99. The third kappa shape index (κ3) is 5.05. The number of hydrogen-bond acceptors (Lipinski definition) is 4. The van der Waals surface area contributed by atoms with Gasteiger partial charge in [-0.25, -0.2) is 14.5 Å². The predicted molar refractivity (Wildman–Crippen MR) is 108 cm³/mol. The molecule has 7 nitrogen and oxygen atoms in total. The van der Waals surface area contributed by atoms with Crippen LogP contribution >= 0.6 is 11.6 Å². The number of nitrogens with one attached hydrogen (secondary N) is 2. The summed E-state index contributed by atoms with van der Waals surface area (Å²) in [6.07, 6.45) is 1.39. The van der Waals surface area contributed by atoms with Crippen molar-refractivity contribution in [1.29, 1.82) is 0 Å². The fourth-order valence-electron chi connectivity index (χ4n) is 2.50. The highest BCUT2D eigenvalue weighted by Gasteiger charge is 2.13. The smallest absolute Gasteiger partial charge is 0.259 e. The van der Waals surface area contributed by atoms with Crippen LogP contribution in [0.1, 0.15) is 21.6 Å². The van der Waals surface area contributed by atoms with E-state index in [0.717, 1.165) is 11.8 Å². The number of nitrogens with zero attached hydrogens (tertiary/aromatic N) is 3. The van der Waals surface area contributed by atoms with Gasteiger partial charge >= 0.3 is 0 Å². The van der Waals surface area contributed by atoms with E-state index in [-0.39, 0.29) is 12.1 Å². The van der Waals surface area contributed by atoms with E-state index in [1.807, 2.05) is 30.3 Å². The van der Waals surface area contributed by atoms with Gasteiger partial charge in [0.1, 0.15) is 11.0 Å². The van der Waals surface area contributed by atoms with Gasteiger partial charge in [0.15, 0.2) is 0 Å². The van der Waals surface area contributed by atoms with Crippen LogP contribution in [0.4, 0.5) is 4.39 Å². The van der Waals surface area contributed by atoms with Crippen LogP contribution in [-0.2, 0) is 4.79 Å². The molecule has 3 rings (SSSR count). The fourth-order valence-corrected chi connectivity index (χ4v) is 2.82. The summed E-state index contributed by atoms with van der Waals surface area (Å²) in [7, 11) is 0. The number of carbonyl (C=O) groups is 2. The lowest BCUT2D eigenvalue weighted by molar-refractivity contribution is -0.120. The Bertz CT molecular complexity index is 1070. The van der Waals surface area contributed by atoms with Crippen LogP contribution in [0.15, 0.2) is 59.7 Å². The number of benzene rings is 2. The summed E-state index contributed by atoms with van der Waals surface area (Å²) in [5.41, 5.74) is 4.41. The molecule has 0 atom stereocenters. The van der Waals surface area contributed by atoms with Gasteiger partial charge in [-0.05, 0) is 37.3 Å². The molecule has 3 aromatic rings. The summed E-state index contributed by atoms with van der Waals surface area (Å²) < 4.78 is 14.7. The number of halogens is 2. The largest absolute Gasteiger partial charge is 0.343 e. The monoisotopic (exact) mass is 413 g/mol. The van der Waals surface area contributed by atoms with Crippen molar-refractivity contribution >= 4 is 29.6 Å². The van der Waals surface area contributed by atoms with E-state index < -0.39 is 17.6 Å². The average Bonchev–Trinajstić information content (AvgIpc) is 3.01. The summed E-state index contributed by atoms with van der Waals surface area (Å²) in [5.74, 6) is -1.64. The van der Waals surface area contributed by atoms with Gasteiger partial charge < -0.3 is 5.32 Å². The van der Waals surface area contributed by atoms with Gasteiger partial charge in [0.05, 0.1) is 29.7 Å². The van der Waals surface area contributed by atoms with Crippen LogP contribution < -0.4 is 10.7 Å². The molecule has 0 bridgehead atoms. The van der Waals surface area contributed by atoms with E-state index in [9.17, 15) is 14.0 Å². The van der Waals surface area contributed by atoms with Gasteiger partial charge in [-0.15, -0.1) is 0 Å². The Hall–Kier alpha value is -3.52. The molecule has 1 heterocycles. The molecule has 2 aromatic carbocycles. The minimum absolute atomic E-state index is 0.122. The Balaban J connectivity index is 1.58. The second-order valence-corrected chi connectivity index (χ2v) is 6.38. The van der Waals surface area contributed by atoms with E-state index in [0.29, 0.717) is 16.4 Å². The average molecular weight is 414 g/mol. The third-order valence-corrected chi connectivity index (χ3v) is 4.29. The van der Waals surface area contributed by atoms with E-state index in [1.165, 1.54) is 24.4 Å². The maximum absolute atomic E-state index is 13.1. The minimum atomic E-state index is -0.563. The Kier molecular flexibility index (Phi) is 6.36. The first kappa shape index (κ1) is 20.2. The molecule has 0 saturated carbocycles. The van der Waals surface area contributed by atoms with Crippen LogP contribution in [0.3, 0.4) is 0 Å². The molecule has 0 aliphatic rings. The van der Waals surface area contributed by atoms with E-state index in [1.54, 1.807) is 11.6 Å². The number of carbonyl (C=O) groups excluding carboxylic acids is 2. The Morgan fingerprint density at radius 2 is 1.97 bits per heavy atom. The zero-order chi connectivity index (χ0) is 20.8. The zero-order valence-corrected chi connectivity index (χ0v) is 16.2. The number of para-hydroxylation sites is 1. The number of rotatable bonds is 6. The Labute approximate surface area is 171 Å². The van der Waals surface area contributed by atoms with Gasteiger partial charge in [0.2, 0.25) is 0 Å². The molecule has 0 fully saturated rings. The molecule has 1 aromatic heterocycles. The number of amides is 2. The standard InChI is InChI=1S/C20H17ClFN5O2/c1-13-17(19(21)27(26-13)16-8-3-2-4-9-16)11-24-25-18(28)12-23-20(29)14-6-5-7-15(22)10-14/h2-11H,12H2,1H3,(H,23,29)(H,25,28). The molecule has 0 aliphatic heterocycles. The number of hydrogen-bond donors (Lipinski definition) is 2. The molecule has 0 aliphatic carbocycles. The fraction of sp³-hybridized carbons (Fsp3) is 0.100. The van der Waals surface area contributed by atoms with Gasteiger partial charge in [0.25, 0.3) is 11.8 Å². The minimum Gasteiger partial charge on any atom is -0.343 e. The number of aromatic nitrogens is 2. The highest BCUT2D eigenvalue weighted by atomic mass is 35.5. The molecular formula is C20H17ClFN5O2. The first-order chi connectivity index (χ1) is 14.0. The van der Waals surface area contributed by atoms with E-state index in [2.05, 4.69) is 20.9 Å². The van der Waals surface area contributed by atoms with Crippen LogP contribution in [-0.4, -0.2) is 34.4 Å². The first-order valence-electron chi connectivity index (χ1n) is 8.62. The topological polar surface area (TPSA) is 88.4 Å². The second kappa shape index (κ2) is 9.11. The summed E-state index contributed by atoms with van der Waals surface area (Å²) in [5, 5.41) is 11.0. The summed E-state index contributed by atoms with van der Waals surface area (Å²) in [6.45, 7) is 1.45. The molecular weight excluding hydrogens is 397 g/mol. The summed E-state index contributed by atoms with van der Waals surface area (Å²) in [6, 6.07) is 14.5. The lowest BCUT2D eigenvalue weighted by Crippen LogP contribution is -2.34. The molecule has 2 N–H and O–H groups in total. The highest BCUT2D eigenvalue weighted by Crippen LogP contribution is 2.21. The van der Waals surface area contributed by atoms with Crippen LogP contribution in [0, 0.1) is 12.7 Å². The summed E-state index contributed by atoms with van der Waals surface area (Å²) >= 11 is 6.37. The van der Waals surface area contributed by atoms with E-state index in [4.69, 9.17) is 11.6 Å². The maximum Gasteiger partial charge on any atom is 0.259 e. The van der Waals surface area contributed by atoms with Crippen molar-refractivity contribution in [2.45, 2.75) is 6.92 Å². The maximum atomic E-state index is 13.1. The molecule has 0 spiro atoms. The van der Waals surface area contributed by atoms with Crippen molar-refractivity contribution < 1.29 is 14.0 Å². The number of hydrazone groups is 1. The van der Waals surface area contributed by atoms with Gasteiger partial charge in [-0.1, -0.05) is 35.9 Å². The highest BCUT2D eigenvalue weighted by molar-refractivity contribution is 6.32. The lowest BCUT2D eigenvalue weighted by atomic mass is 10.2. The SMILES string of the molecule is Cc1nn(-c2ccccc2)c(Cl)c1C=NNC(=O)CNC(=O)c1cccc(F)c1. The predicted octanol–water partition coefficient (Wildman–Crippen LogP) is 2.85. The lowest BCUT2D eigenvalue weighted by Gasteiger charge is -2.04. The second-order valence-electron chi connectivity index (χ2n) is 6.02. The van der Waals surface area contributed by atoms with Gasteiger partial charge in [-0.3, -0.25) is 9.59 Å². The molecule has 2 amide bonds. The number of aryl methyl sites for hydroxylation is 1. The molecule has 29 heavy (non-hydrogen) atoms. The molecule has 0 unspecified atom stereocenters. The van der Waals surface area contributed by atoms with Crippen molar-refractivity contribution in [2.75, 3.05) is 6.54 Å². The molecule has 148 valence electrons. The zero-order valence-electron chi connectivity index (χ0n) is 15.4. The van der Waals surface area contributed by atoms with Crippen molar-refractivity contribution in [3.63, 3.8) is 0 Å². The van der Waals surface area contributed by atoms with Gasteiger partial charge in [-0.2, -0.15) is 10.2 Å². The van der Waals surface area contributed by atoms with Crippen molar-refractivity contribution in [1.82, 2.24) is 20.5 Å². The molecule has 0 saturated heterocycles. The molecule has 9 heteroatoms. The van der Waals surface area contributed by atoms with Crippen LogP contribution in [0.2, 0.25) is 5.15 Å². The van der Waals surface area contributed by atoms with Crippen LogP contribution in [0.5, 0.6) is 0 Å². The van der Waals surface area contributed by atoms with Gasteiger partial charge in [0, 0.05) is 5.56 Å². The normalized spacial score (nSPS) is 10.9. The van der Waals surface area contributed by atoms with Crippen molar-refractivity contribution in [2.24, 2.45) is 5.10 Å². The van der Waals surface area contributed by atoms with Crippen molar-refractivity contribution in [3.05, 3.63) is 82.4 Å². The third-order valence-electron chi connectivity index (χ3n) is 3.93. The molecule has 0 radical (unpaired) electrons. The quantitative estimate of drug-likeness (QED) is 0.481. The Morgan fingerprint density at radius 1 is 1.21 bits per heavy atom. The summed E-state index contributed by atoms with van der Waals surface area (Å²) in [4.78, 5) is 23.8. The Morgan fingerprint density at radius 3 is 2.69 bits per heavy atom. The van der Waals surface area contributed by atoms with E-state index >= 15 is 0 Å².